The fraction of sp³-hybridized carbons (Fsp3) is 0.733. The summed E-state index contributed by atoms with van der Waals surface area (Å²) in [4.78, 5) is 1.44. The predicted molar refractivity (Wildman–Crippen MR) is 85.6 cm³/mol. The quantitative estimate of drug-likeness (QED) is 0.866. The molecule has 1 aromatic heterocycles. The summed E-state index contributed by atoms with van der Waals surface area (Å²) in [5, 5.41) is 9.73. The maximum atomic E-state index is 3.81. The Hall–Kier alpha value is 0.1000. The van der Waals surface area contributed by atoms with Crippen molar-refractivity contribution < 1.29 is 0 Å². The molecule has 0 radical (unpaired) electrons. The van der Waals surface area contributed by atoms with E-state index in [1.54, 1.807) is 0 Å². The molecule has 2 fully saturated rings. The van der Waals surface area contributed by atoms with Crippen LogP contribution in [0.15, 0.2) is 15.9 Å². The van der Waals surface area contributed by atoms with Gasteiger partial charge < -0.3 is 10.6 Å². The normalized spacial score (nSPS) is 31.7. The second kappa shape index (κ2) is 6.70. The van der Waals surface area contributed by atoms with E-state index in [1.807, 2.05) is 11.3 Å². The third-order valence-electron chi connectivity index (χ3n) is 4.59. The van der Waals surface area contributed by atoms with E-state index >= 15 is 0 Å². The molecule has 106 valence electrons. The standard InChI is InChI=1S/C15H23BrN2S/c16-11-8-12(19-10-11)9-18-15-6-3-4-13(15)14-5-1-2-7-17-14/h8,10,13-15,17-18H,1-7,9H2. The minimum Gasteiger partial charge on any atom is -0.314 e. The van der Waals surface area contributed by atoms with E-state index < -0.39 is 0 Å². The van der Waals surface area contributed by atoms with E-state index in [4.69, 9.17) is 0 Å². The molecule has 2 nitrogen and oxygen atoms in total. The Balaban J connectivity index is 1.54. The third kappa shape index (κ3) is 3.60. The second-order valence-electron chi connectivity index (χ2n) is 5.87. The predicted octanol–water partition coefficient (Wildman–Crippen LogP) is 3.91. The fourth-order valence-electron chi connectivity index (χ4n) is 3.65. The monoisotopic (exact) mass is 342 g/mol. The van der Waals surface area contributed by atoms with Gasteiger partial charge in [0.15, 0.2) is 0 Å². The number of thiophene rings is 1. The van der Waals surface area contributed by atoms with Gasteiger partial charge in [0, 0.05) is 33.4 Å². The summed E-state index contributed by atoms with van der Waals surface area (Å²) < 4.78 is 1.21. The summed E-state index contributed by atoms with van der Waals surface area (Å²) in [7, 11) is 0. The van der Waals surface area contributed by atoms with Crippen molar-refractivity contribution in [1.82, 2.24) is 10.6 Å². The molecule has 2 heterocycles. The number of rotatable bonds is 4. The lowest BCUT2D eigenvalue weighted by Gasteiger charge is -2.33. The van der Waals surface area contributed by atoms with Gasteiger partial charge in [-0.15, -0.1) is 11.3 Å². The van der Waals surface area contributed by atoms with Gasteiger partial charge in [-0.25, -0.2) is 0 Å². The van der Waals surface area contributed by atoms with Gasteiger partial charge >= 0.3 is 0 Å². The highest BCUT2D eigenvalue weighted by atomic mass is 79.9. The largest absolute Gasteiger partial charge is 0.314 e. The molecule has 1 saturated carbocycles. The van der Waals surface area contributed by atoms with E-state index in [1.165, 1.54) is 54.4 Å². The highest BCUT2D eigenvalue weighted by molar-refractivity contribution is 9.10. The van der Waals surface area contributed by atoms with Crippen LogP contribution in [0.4, 0.5) is 0 Å². The molecule has 1 aliphatic carbocycles. The van der Waals surface area contributed by atoms with Gasteiger partial charge in [0.2, 0.25) is 0 Å². The first-order chi connectivity index (χ1) is 9.33. The van der Waals surface area contributed by atoms with Crippen LogP contribution >= 0.6 is 27.3 Å². The van der Waals surface area contributed by atoms with Crippen LogP contribution in [0.2, 0.25) is 0 Å². The van der Waals surface area contributed by atoms with Crippen LogP contribution < -0.4 is 10.6 Å². The maximum absolute atomic E-state index is 3.81. The Bertz CT molecular complexity index is 401. The number of halogens is 1. The zero-order valence-corrected chi connectivity index (χ0v) is 13.7. The lowest BCUT2D eigenvalue weighted by atomic mass is 9.88. The van der Waals surface area contributed by atoms with Gasteiger partial charge in [-0.3, -0.25) is 0 Å². The maximum Gasteiger partial charge on any atom is 0.0302 e. The second-order valence-corrected chi connectivity index (χ2v) is 7.78. The molecule has 0 aromatic carbocycles. The van der Waals surface area contributed by atoms with E-state index in [0.29, 0.717) is 0 Å². The van der Waals surface area contributed by atoms with Crippen molar-refractivity contribution in [3.63, 3.8) is 0 Å². The molecule has 3 atom stereocenters. The van der Waals surface area contributed by atoms with Crippen molar-refractivity contribution >= 4 is 27.3 Å². The number of hydrogen-bond donors (Lipinski definition) is 2. The number of nitrogens with one attached hydrogen (secondary N) is 2. The first-order valence-corrected chi connectivity index (χ1v) is 9.20. The van der Waals surface area contributed by atoms with Crippen LogP contribution in [0.25, 0.3) is 0 Å². The third-order valence-corrected chi connectivity index (χ3v) is 6.29. The molecule has 0 bridgehead atoms. The highest BCUT2D eigenvalue weighted by Gasteiger charge is 2.33. The summed E-state index contributed by atoms with van der Waals surface area (Å²) in [6.45, 7) is 2.26. The minimum atomic E-state index is 0.719. The summed E-state index contributed by atoms with van der Waals surface area (Å²) >= 11 is 5.38. The molecule has 3 rings (SSSR count). The van der Waals surface area contributed by atoms with Crippen molar-refractivity contribution in [3.8, 4) is 0 Å². The average Bonchev–Trinajstić information content (AvgIpc) is 3.06. The van der Waals surface area contributed by atoms with E-state index in [9.17, 15) is 0 Å². The molecule has 0 amide bonds. The van der Waals surface area contributed by atoms with Gasteiger partial charge in [0.1, 0.15) is 0 Å². The molecule has 4 heteroatoms. The molecular weight excluding hydrogens is 320 g/mol. The first kappa shape index (κ1) is 14.1. The number of piperidine rings is 1. The van der Waals surface area contributed by atoms with Crippen molar-refractivity contribution in [3.05, 3.63) is 20.8 Å². The van der Waals surface area contributed by atoms with Crippen LogP contribution in [-0.4, -0.2) is 18.6 Å². The van der Waals surface area contributed by atoms with Crippen molar-refractivity contribution in [2.24, 2.45) is 5.92 Å². The molecular formula is C15H23BrN2S. The molecule has 0 spiro atoms. The van der Waals surface area contributed by atoms with Crippen molar-refractivity contribution in [2.75, 3.05) is 6.54 Å². The molecule has 1 saturated heterocycles. The Labute approximate surface area is 128 Å². The van der Waals surface area contributed by atoms with Gasteiger partial charge in [0.25, 0.3) is 0 Å². The molecule has 1 aliphatic heterocycles. The van der Waals surface area contributed by atoms with Crippen molar-refractivity contribution in [2.45, 2.75) is 57.2 Å². The Kier molecular flexibility index (Phi) is 4.96. The lowest BCUT2D eigenvalue weighted by molar-refractivity contribution is 0.257. The van der Waals surface area contributed by atoms with E-state index in [0.717, 1.165) is 24.5 Å². The molecule has 1 aromatic rings. The summed E-state index contributed by atoms with van der Waals surface area (Å²) in [6, 6.07) is 3.72. The average molecular weight is 343 g/mol. The first-order valence-electron chi connectivity index (χ1n) is 7.52. The van der Waals surface area contributed by atoms with Crippen LogP contribution in [0.1, 0.15) is 43.4 Å². The van der Waals surface area contributed by atoms with Crippen molar-refractivity contribution in [1.29, 1.82) is 0 Å². The van der Waals surface area contributed by atoms with Gasteiger partial charge in [-0.1, -0.05) is 12.8 Å². The van der Waals surface area contributed by atoms with Gasteiger partial charge in [-0.2, -0.15) is 0 Å². The molecule has 2 aliphatic rings. The molecule has 2 N–H and O–H groups in total. The molecule has 3 unspecified atom stereocenters. The smallest absolute Gasteiger partial charge is 0.0302 e. The van der Waals surface area contributed by atoms with E-state index in [-0.39, 0.29) is 0 Å². The zero-order valence-electron chi connectivity index (χ0n) is 11.3. The molecule has 19 heavy (non-hydrogen) atoms. The van der Waals surface area contributed by atoms with Crippen LogP contribution in [0, 0.1) is 5.92 Å². The summed E-state index contributed by atoms with van der Waals surface area (Å²) in [5.74, 6) is 0.851. The number of hydrogen-bond acceptors (Lipinski definition) is 3. The topological polar surface area (TPSA) is 24.1 Å². The van der Waals surface area contributed by atoms with Gasteiger partial charge in [-0.05, 0) is 60.1 Å². The van der Waals surface area contributed by atoms with Crippen LogP contribution in [0.5, 0.6) is 0 Å². The Morgan fingerprint density at radius 2 is 2.21 bits per heavy atom. The summed E-state index contributed by atoms with van der Waals surface area (Å²) in [5.41, 5.74) is 0. The minimum absolute atomic E-state index is 0.719. The Morgan fingerprint density at radius 1 is 1.26 bits per heavy atom. The van der Waals surface area contributed by atoms with E-state index in [2.05, 4.69) is 38.0 Å². The summed E-state index contributed by atoms with van der Waals surface area (Å²) in [6.07, 6.45) is 8.32. The van der Waals surface area contributed by atoms with Crippen LogP contribution in [0.3, 0.4) is 0 Å². The van der Waals surface area contributed by atoms with Crippen LogP contribution in [-0.2, 0) is 6.54 Å². The lowest BCUT2D eigenvalue weighted by Crippen LogP contribution is -2.46. The Morgan fingerprint density at radius 3 is 2.95 bits per heavy atom. The SMILES string of the molecule is Brc1csc(CNC2CCCC2C2CCCCN2)c1. The fourth-order valence-corrected chi connectivity index (χ4v) is 5.05. The zero-order chi connectivity index (χ0) is 13.1. The highest BCUT2D eigenvalue weighted by Crippen LogP contribution is 2.32. The van der Waals surface area contributed by atoms with Gasteiger partial charge in [0.05, 0.1) is 0 Å².